The summed E-state index contributed by atoms with van der Waals surface area (Å²) in [7, 11) is 1.59. The number of fused-ring (bicyclic) bond motifs is 1. The number of carbonyl (C=O) groups excluding carboxylic acids is 2. The van der Waals surface area contributed by atoms with Crippen molar-refractivity contribution in [3.8, 4) is 11.4 Å². The molecule has 1 aromatic heterocycles. The number of rotatable bonds is 5. The molecule has 0 atom stereocenters. The average molecular weight is 423 g/mol. The molecule has 0 saturated heterocycles. The van der Waals surface area contributed by atoms with Crippen molar-refractivity contribution in [1.82, 2.24) is 14.7 Å². The van der Waals surface area contributed by atoms with Crippen LogP contribution in [0.1, 0.15) is 39.0 Å². The summed E-state index contributed by atoms with van der Waals surface area (Å²) in [5.41, 5.74) is 2.72. The molecule has 0 aliphatic carbocycles. The predicted octanol–water partition coefficient (Wildman–Crippen LogP) is 3.40. The SMILES string of the molecule is CCOC(=O)c1nn(-c2ccc(OC)cc2)c2c1CN(C(=O)c1cccc(F)c1)CC2. The molecule has 2 aromatic carbocycles. The van der Waals surface area contributed by atoms with Gasteiger partial charge in [-0.1, -0.05) is 6.07 Å². The molecule has 1 aliphatic rings. The molecular weight excluding hydrogens is 401 g/mol. The summed E-state index contributed by atoms with van der Waals surface area (Å²) in [6.45, 7) is 2.56. The number of benzene rings is 2. The predicted molar refractivity (Wildman–Crippen MR) is 111 cm³/mol. The Morgan fingerprint density at radius 3 is 2.61 bits per heavy atom. The first kappa shape index (κ1) is 20.6. The van der Waals surface area contributed by atoms with E-state index in [-0.39, 0.29) is 30.3 Å². The molecule has 1 aliphatic heterocycles. The van der Waals surface area contributed by atoms with Gasteiger partial charge in [-0.2, -0.15) is 5.10 Å². The quantitative estimate of drug-likeness (QED) is 0.588. The zero-order chi connectivity index (χ0) is 22.0. The summed E-state index contributed by atoms with van der Waals surface area (Å²) in [6.07, 6.45) is 0.495. The summed E-state index contributed by atoms with van der Waals surface area (Å²) in [5.74, 6) is -0.589. The molecule has 0 fully saturated rings. The number of aromatic nitrogens is 2. The molecule has 0 saturated carbocycles. The highest BCUT2D eigenvalue weighted by atomic mass is 19.1. The number of esters is 1. The summed E-state index contributed by atoms with van der Waals surface area (Å²) in [5, 5.41) is 4.52. The van der Waals surface area contributed by atoms with Crippen molar-refractivity contribution in [2.45, 2.75) is 19.9 Å². The van der Waals surface area contributed by atoms with Crippen LogP contribution in [0.3, 0.4) is 0 Å². The molecule has 160 valence electrons. The highest BCUT2D eigenvalue weighted by Crippen LogP contribution is 2.28. The van der Waals surface area contributed by atoms with Gasteiger partial charge in [-0.3, -0.25) is 4.79 Å². The van der Waals surface area contributed by atoms with Crippen LogP contribution >= 0.6 is 0 Å². The fraction of sp³-hybridized carbons (Fsp3) is 0.261. The molecule has 0 radical (unpaired) electrons. The van der Waals surface area contributed by atoms with Gasteiger partial charge in [-0.25, -0.2) is 13.9 Å². The third-order valence-electron chi connectivity index (χ3n) is 5.20. The van der Waals surface area contributed by atoms with Gasteiger partial charge < -0.3 is 14.4 Å². The molecule has 0 bridgehead atoms. The molecule has 31 heavy (non-hydrogen) atoms. The van der Waals surface area contributed by atoms with Gasteiger partial charge in [-0.05, 0) is 49.4 Å². The standard InChI is InChI=1S/C23H22FN3O4/c1-3-31-23(29)21-19-14-26(22(28)15-5-4-6-16(24)13-15)12-11-20(19)27(25-21)17-7-9-18(30-2)10-8-17/h4-10,13H,3,11-12,14H2,1-2H3. The molecule has 7 nitrogen and oxygen atoms in total. The van der Waals surface area contributed by atoms with E-state index in [0.29, 0.717) is 24.3 Å². The van der Waals surface area contributed by atoms with E-state index in [1.807, 2.05) is 24.3 Å². The maximum atomic E-state index is 13.6. The molecule has 2 heterocycles. The maximum Gasteiger partial charge on any atom is 0.359 e. The summed E-state index contributed by atoms with van der Waals surface area (Å²) in [6, 6.07) is 12.9. The summed E-state index contributed by atoms with van der Waals surface area (Å²) >= 11 is 0. The Hall–Kier alpha value is -3.68. The van der Waals surface area contributed by atoms with Crippen molar-refractivity contribution in [1.29, 1.82) is 0 Å². The Balaban J connectivity index is 1.71. The Bertz CT molecular complexity index is 1120. The van der Waals surface area contributed by atoms with Crippen LogP contribution in [-0.2, 0) is 17.7 Å². The molecule has 0 spiro atoms. The van der Waals surface area contributed by atoms with Crippen LogP contribution in [0.2, 0.25) is 0 Å². The van der Waals surface area contributed by atoms with Gasteiger partial charge in [0, 0.05) is 24.1 Å². The van der Waals surface area contributed by atoms with Crippen LogP contribution < -0.4 is 4.74 Å². The van der Waals surface area contributed by atoms with E-state index < -0.39 is 11.8 Å². The zero-order valence-corrected chi connectivity index (χ0v) is 17.3. The second-order valence-electron chi connectivity index (χ2n) is 7.09. The van der Waals surface area contributed by atoms with Crippen LogP contribution in [-0.4, -0.2) is 46.8 Å². The maximum absolute atomic E-state index is 13.6. The lowest BCUT2D eigenvalue weighted by atomic mass is 10.0. The van der Waals surface area contributed by atoms with Crippen molar-refractivity contribution in [2.24, 2.45) is 0 Å². The van der Waals surface area contributed by atoms with E-state index in [0.717, 1.165) is 11.4 Å². The van der Waals surface area contributed by atoms with E-state index >= 15 is 0 Å². The largest absolute Gasteiger partial charge is 0.497 e. The second-order valence-corrected chi connectivity index (χ2v) is 7.09. The summed E-state index contributed by atoms with van der Waals surface area (Å²) in [4.78, 5) is 27.1. The van der Waals surface area contributed by atoms with Crippen LogP contribution in [0.5, 0.6) is 5.75 Å². The Morgan fingerprint density at radius 1 is 1.16 bits per heavy atom. The van der Waals surface area contributed by atoms with Crippen LogP contribution in [0.4, 0.5) is 4.39 Å². The lowest BCUT2D eigenvalue weighted by Gasteiger charge is -2.28. The van der Waals surface area contributed by atoms with Crippen LogP contribution in [0.15, 0.2) is 48.5 Å². The van der Waals surface area contributed by atoms with Gasteiger partial charge in [-0.15, -0.1) is 0 Å². The van der Waals surface area contributed by atoms with E-state index in [1.54, 1.807) is 29.7 Å². The van der Waals surface area contributed by atoms with Crippen molar-refractivity contribution in [3.05, 3.63) is 76.9 Å². The average Bonchev–Trinajstić information content (AvgIpc) is 3.18. The number of amides is 1. The van der Waals surface area contributed by atoms with Gasteiger partial charge in [0.1, 0.15) is 11.6 Å². The number of hydrogen-bond donors (Lipinski definition) is 0. The smallest absolute Gasteiger partial charge is 0.359 e. The zero-order valence-electron chi connectivity index (χ0n) is 17.3. The fourth-order valence-corrected chi connectivity index (χ4v) is 3.70. The molecule has 0 unspecified atom stereocenters. The van der Waals surface area contributed by atoms with Crippen molar-refractivity contribution >= 4 is 11.9 Å². The fourth-order valence-electron chi connectivity index (χ4n) is 3.70. The summed E-state index contributed by atoms with van der Waals surface area (Å²) < 4.78 is 25.7. The number of halogens is 1. The van der Waals surface area contributed by atoms with Gasteiger partial charge in [0.25, 0.3) is 5.91 Å². The normalized spacial score (nSPS) is 12.9. The number of methoxy groups -OCH3 is 1. The highest BCUT2D eigenvalue weighted by molar-refractivity contribution is 5.95. The monoisotopic (exact) mass is 423 g/mol. The minimum Gasteiger partial charge on any atom is -0.497 e. The van der Waals surface area contributed by atoms with Crippen LogP contribution in [0.25, 0.3) is 5.69 Å². The van der Waals surface area contributed by atoms with Gasteiger partial charge >= 0.3 is 5.97 Å². The minimum atomic E-state index is -0.536. The van der Waals surface area contributed by atoms with E-state index in [9.17, 15) is 14.0 Å². The van der Waals surface area contributed by atoms with Crippen molar-refractivity contribution in [3.63, 3.8) is 0 Å². The number of nitrogens with zero attached hydrogens (tertiary/aromatic N) is 3. The molecule has 8 heteroatoms. The Morgan fingerprint density at radius 2 is 1.94 bits per heavy atom. The first-order valence-electron chi connectivity index (χ1n) is 9.99. The first-order chi connectivity index (χ1) is 15.0. The molecule has 4 rings (SSSR count). The Labute approximate surface area is 179 Å². The molecule has 0 N–H and O–H groups in total. The lowest BCUT2D eigenvalue weighted by molar-refractivity contribution is 0.0513. The third kappa shape index (κ3) is 4.01. The molecule has 3 aromatic rings. The van der Waals surface area contributed by atoms with Gasteiger partial charge in [0.05, 0.1) is 31.6 Å². The second kappa shape index (κ2) is 8.59. The van der Waals surface area contributed by atoms with Crippen molar-refractivity contribution < 1.29 is 23.5 Å². The molecular formula is C23H22FN3O4. The first-order valence-corrected chi connectivity index (χ1v) is 9.99. The Kier molecular flexibility index (Phi) is 5.70. The van der Waals surface area contributed by atoms with Crippen LogP contribution in [0, 0.1) is 5.82 Å². The number of hydrogen-bond acceptors (Lipinski definition) is 5. The third-order valence-corrected chi connectivity index (χ3v) is 5.20. The topological polar surface area (TPSA) is 73.7 Å². The van der Waals surface area contributed by atoms with E-state index in [4.69, 9.17) is 9.47 Å². The highest BCUT2D eigenvalue weighted by Gasteiger charge is 2.31. The minimum absolute atomic E-state index is 0.185. The molecule has 1 amide bonds. The van der Waals surface area contributed by atoms with E-state index in [2.05, 4.69) is 5.10 Å². The van der Waals surface area contributed by atoms with E-state index in [1.165, 1.54) is 18.2 Å². The lowest BCUT2D eigenvalue weighted by Crippen LogP contribution is -2.36. The number of ether oxygens (including phenoxy) is 2. The van der Waals surface area contributed by atoms with Crippen molar-refractivity contribution in [2.75, 3.05) is 20.3 Å². The number of carbonyl (C=O) groups is 2. The van der Waals surface area contributed by atoms with Gasteiger partial charge in [0.2, 0.25) is 0 Å². The van der Waals surface area contributed by atoms with Gasteiger partial charge in [0.15, 0.2) is 5.69 Å².